The maximum atomic E-state index is 10.7. The summed E-state index contributed by atoms with van der Waals surface area (Å²) >= 11 is 0.827. The van der Waals surface area contributed by atoms with Crippen molar-refractivity contribution in [2.24, 2.45) is 0 Å². The highest BCUT2D eigenvalue weighted by Crippen LogP contribution is 2.26. The van der Waals surface area contributed by atoms with Crippen LogP contribution in [0.1, 0.15) is 24.5 Å². The lowest BCUT2D eigenvalue weighted by Crippen LogP contribution is -2.22. The molecule has 8 nitrogen and oxygen atoms in total. The quantitative estimate of drug-likeness (QED) is 0.520. The van der Waals surface area contributed by atoms with Crippen LogP contribution in [0.25, 0.3) is 0 Å². The lowest BCUT2D eigenvalue weighted by molar-refractivity contribution is -0.390. The van der Waals surface area contributed by atoms with E-state index in [0.717, 1.165) is 11.8 Å². The van der Waals surface area contributed by atoms with E-state index in [0.29, 0.717) is 0 Å². The molecule has 100 valence electrons. The van der Waals surface area contributed by atoms with Crippen LogP contribution in [0.15, 0.2) is 0 Å². The largest absolute Gasteiger partial charge is 0.389 e. The Bertz CT molecular complexity index is 461. The van der Waals surface area contributed by atoms with Gasteiger partial charge in [0.25, 0.3) is 0 Å². The molecule has 9 heteroatoms. The fourth-order valence-corrected chi connectivity index (χ4v) is 1.91. The van der Waals surface area contributed by atoms with Crippen LogP contribution in [0.5, 0.6) is 0 Å². The Kier molecular flexibility index (Phi) is 4.82. The molecule has 0 aromatic carbocycles. The topological polar surface area (TPSA) is 129 Å². The number of nitro groups is 1. The highest BCUT2D eigenvalue weighted by molar-refractivity contribution is 8.13. The Morgan fingerprint density at radius 3 is 2.72 bits per heavy atom. The Morgan fingerprint density at radius 2 is 2.22 bits per heavy atom. The van der Waals surface area contributed by atoms with Crippen LogP contribution in [-0.4, -0.2) is 42.1 Å². The molecule has 0 radical (unpaired) electrons. The summed E-state index contributed by atoms with van der Waals surface area (Å²) in [6, 6.07) is 0. The summed E-state index contributed by atoms with van der Waals surface area (Å²) in [6.45, 7) is 2.82. The van der Waals surface area contributed by atoms with E-state index in [1.54, 1.807) is 0 Å². The Balaban J connectivity index is 2.85. The van der Waals surface area contributed by atoms with E-state index in [2.05, 4.69) is 9.97 Å². The van der Waals surface area contributed by atoms with Crippen LogP contribution in [0.4, 0.5) is 5.82 Å². The van der Waals surface area contributed by atoms with Crippen LogP contribution in [0, 0.1) is 17.0 Å². The van der Waals surface area contributed by atoms with Crippen molar-refractivity contribution in [1.29, 1.82) is 0 Å². The van der Waals surface area contributed by atoms with E-state index in [1.807, 2.05) is 0 Å². The molecule has 0 saturated heterocycles. The highest BCUT2D eigenvalue weighted by atomic mass is 32.2. The van der Waals surface area contributed by atoms with E-state index in [-0.39, 0.29) is 22.4 Å². The second-order valence-corrected chi connectivity index (χ2v) is 4.82. The number of aromatic amines is 1. The number of nitrogens with one attached hydrogen (secondary N) is 1. The molecule has 1 rings (SSSR count). The summed E-state index contributed by atoms with van der Waals surface area (Å²) in [7, 11) is 0. The Labute approximate surface area is 107 Å². The number of aliphatic hydroxyl groups excluding tert-OH is 2. The number of imidazole rings is 1. The number of hydrogen-bond acceptors (Lipinski definition) is 7. The highest BCUT2D eigenvalue weighted by Gasteiger charge is 2.30. The predicted molar refractivity (Wildman–Crippen MR) is 64.1 cm³/mol. The van der Waals surface area contributed by atoms with Gasteiger partial charge in [-0.05, 0) is 4.92 Å². The minimum absolute atomic E-state index is 0.0560. The zero-order valence-electron chi connectivity index (χ0n) is 9.78. The number of carbonyl (C=O) groups excluding carboxylic acids is 1. The molecule has 0 fully saturated rings. The number of hydrogen-bond donors (Lipinski definition) is 3. The van der Waals surface area contributed by atoms with Gasteiger partial charge in [-0.25, -0.2) is 9.97 Å². The molecule has 0 aliphatic carbocycles. The smallest absolute Gasteiger partial charge is 0.346 e. The van der Waals surface area contributed by atoms with Gasteiger partial charge in [0.05, 0.1) is 6.10 Å². The van der Waals surface area contributed by atoms with Gasteiger partial charge >= 0.3 is 5.82 Å². The maximum absolute atomic E-state index is 10.7. The maximum Gasteiger partial charge on any atom is 0.346 e. The second kappa shape index (κ2) is 5.94. The third-order valence-electron chi connectivity index (χ3n) is 2.11. The minimum Gasteiger partial charge on any atom is -0.389 e. The van der Waals surface area contributed by atoms with Crippen molar-refractivity contribution in [2.45, 2.75) is 26.1 Å². The summed E-state index contributed by atoms with van der Waals surface area (Å²) in [5.74, 6) is -0.242. The predicted octanol–water partition coefficient (Wildman–Crippen LogP) is 0.300. The number of aromatic nitrogens is 2. The van der Waals surface area contributed by atoms with Gasteiger partial charge in [-0.15, -0.1) is 0 Å². The van der Waals surface area contributed by atoms with Gasteiger partial charge in [-0.2, -0.15) is 0 Å². The van der Waals surface area contributed by atoms with Gasteiger partial charge in [0.2, 0.25) is 0 Å². The second-order valence-electron chi connectivity index (χ2n) is 3.63. The molecule has 0 amide bonds. The van der Waals surface area contributed by atoms with Crippen molar-refractivity contribution < 1.29 is 19.9 Å². The summed E-state index contributed by atoms with van der Waals surface area (Å²) in [5.41, 5.74) is -0.228. The molecular weight excluding hydrogens is 262 g/mol. The summed E-state index contributed by atoms with van der Waals surface area (Å²) in [6.07, 6.45) is -2.82. The van der Waals surface area contributed by atoms with Gasteiger partial charge in [0.1, 0.15) is 6.10 Å². The van der Waals surface area contributed by atoms with Gasteiger partial charge in [0, 0.05) is 19.6 Å². The van der Waals surface area contributed by atoms with Crippen molar-refractivity contribution in [3.05, 3.63) is 21.6 Å². The number of aryl methyl sites for hydroxylation is 1. The molecule has 1 heterocycles. The van der Waals surface area contributed by atoms with E-state index in [9.17, 15) is 25.1 Å². The lowest BCUT2D eigenvalue weighted by atomic mass is 10.1. The van der Waals surface area contributed by atoms with Gasteiger partial charge < -0.3 is 20.3 Å². The third-order valence-corrected chi connectivity index (χ3v) is 3.03. The normalized spacial score (nSPS) is 14.2. The van der Waals surface area contributed by atoms with Crippen molar-refractivity contribution in [2.75, 3.05) is 5.75 Å². The third kappa shape index (κ3) is 3.52. The molecule has 0 aliphatic rings. The van der Waals surface area contributed by atoms with E-state index >= 15 is 0 Å². The van der Waals surface area contributed by atoms with Gasteiger partial charge in [-0.3, -0.25) is 4.79 Å². The molecule has 18 heavy (non-hydrogen) atoms. The first kappa shape index (κ1) is 14.6. The van der Waals surface area contributed by atoms with Crippen LogP contribution >= 0.6 is 11.8 Å². The van der Waals surface area contributed by atoms with Gasteiger partial charge in [0.15, 0.2) is 16.6 Å². The van der Waals surface area contributed by atoms with E-state index in [4.69, 9.17) is 0 Å². The average Bonchev–Trinajstić information content (AvgIpc) is 2.67. The average molecular weight is 275 g/mol. The summed E-state index contributed by atoms with van der Waals surface area (Å²) in [5, 5.41) is 29.9. The zero-order valence-corrected chi connectivity index (χ0v) is 10.6. The number of aliphatic hydroxyl groups is 2. The Morgan fingerprint density at radius 1 is 1.61 bits per heavy atom. The molecule has 0 saturated carbocycles. The fraction of sp³-hybridized carbons (Fsp3) is 0.556. The molecule has 2 atom stereocenters. The van der Waals surface area contributed by atoms with Crippen LogP contribution < -0.4 is 0 Å². The van der Waals surface area contributed by atoms with Crippen molar-refractivity contribution in [3.8, 4) is 0 Å². The van der Waals surface area contributed by atoms with E-state index < -0.39 is 22.9 Å². The monoisotopic (exact) mass is 275 g/mol. The minimum atomic E-state index is -1.51. The van der Waals surface area contributed by atoms with Gasteiger partial charge in [-0.1, -0.05) is 11.8 Å². The number of H-pyrrole nitrogens is 1. The molecule has 0 bridgehead atoms. The van der Waals surface area contributed by atoms with Crippen LogP contribution in [0.3, 0.4) is 0 Å². The van der Waals surface area contributed by atoms with Crippen molar-refractivity contribution in [3.63, 3.8) is 0 Å². The number of nitrogens with zero attached hydrogens (tertiary/aromatic N) is 2. The number of rotatable bonds is 5. The molecule has 3 N–H and O–H groups in total. The number of thioether (sulfide) groups is 1. The molecule has 0 aliphatic heterocycles. The van der Waals surface area contributed by atoms with Crippen LogP contribution in [-0.2, 0) is 4.79 Å². The van der Waals surface area contributed by atoms with E-state index in [1.165, 1.54) is 13.8 Å². The first-order valence-corrected chi connectivity index (χ1v) is 6.02. The van der Waals surface area contributed by atoms with Crippen molar-refractivity contribution >= 4 is 22.7 Å². The Hall–Kier alpha value is -1.45. The van der Waals surface area contributed by atoms with Crippen molar-refractivity contribution in [1.82, 2.24) is 9.97 Å². The molecule has 0 spiro atoms. The fourth-order valence-electron chi connectivity index (χ4n) is 1.32. The van der Waals surface area contributed by atoms with Crippen LogP contribution in [0.2, 0.25) is 0 Å². The first-order chi connectivity index (χ1) is 8.32. The standard InChI is InChI=1S/C9H13N3O5S/c1-4-10-7(9(11-4)12(16)17)8(15)6(14)3-18-5(2)13/h6,8,14-15H,3H2,1-2H3,(H,10,11). The summed E-state index contributed by atoms with van der Waals surface area (Å²) in [4.78, 5) is 26.9. The zero-order chi connectivity index (χ0) is 13.9. The molecule has 1 aromatic rings. The molecular formula is C9H13N3O5S. The molecule has 2 unspecified atom stereocenters. The first-order valence-electron chi connectivity index (χ1n) is 5.03. The SMILES string of the molecule is CC(=O)SCC(O)C(O)c1nc(C)[nH]c1[N+](=O)[O-]. The molecule has 1 aromatic heterocycles. The number of carbonyl (C=O) groups is 1. The lowest BCUT2D eigenvalue weighted by Gasteiger charge is -2.14. The summed E-state index contributed by atoms with van der Waals surface area (Å²) < 4.78 is 0.